The first-order valence-electron chi connectivity index (χ1n) is 8.59. The predicted octanol–water partition coefficient (Wildman–Crippen LogP) is 4.57. The molecular formula is C21H16N4O2S. The first-order valence-corrected chi connectivity index (χ1v) is 9.47. The summed E-state index contributed by atoms with van der Waals surface area (Å²) >= 11 is 1.36. The molecule has 2 N–H and O–H groups in total. The zero-order chi connectivity index (χ0) is 19.5. The molecule has 2 aromatic carbocycles. The third kappa shape index (κ3) is 3.74. The maximum atomic E-state index is 12.7. The van der Waals surface area contributed by atoms with Crippen LogP contribution in [0.25, 0.3) is 22.2 Å². The molecule has 2 amide bonds. The van der Waals surface area contributed by atoms with E-state index in [1.165, 1.54) is 18.3 Å². The van der Waals surface area contributed by atoms with E-state index in [1.54, 1.807) is 12.3 Å². The van der Waals surface area contributed by atoms with Crippen molar-refractivity contribution in [1.29, 1.82) is 0 Å². The van der Waals surface area contributed by atoms with Crippen molar-refractivity contribution >= 4 is 44.9 Å². The molecule has 2 heterocycles. The SMILES string of the molecule is CC(=O)Nc1ccc(-c2csc(NC(=O)c3ccnc4ccccc34)n2)cc1. The van der Waals surface area contributed by atoms with E-state index >= 15 is 0 Å². The molecule has 0 spiro atoms. The minimum Gasteiger partial charge on any atom is -0.326 e. The second-order valence-electron chi connectivity index (χ2n) is 6.13. The third-order valence-electron chi connectivity index (χ3n) is 4.12. The Morgan fingerprint density at radius 2 is 1.75 bits per heavy atom. The Kier molecular flexibility index (Phi) is 4.82. The molecule has 28 heavy (non-hydrogen) atoms. The lowest BCUT2D eigenvalue weighted by Crippen LogP contribution is -2.12. The molecule has 0 radical (unpaired) electrons. The Morgan fingerprint density at radius 1 is 0.964 bits per heavy atom. The fourth-order valence-electron chi connectivity index (χ4n) is 2.85. The largest absolute Gasteiger partial charge is 0.326 e. The number of amides is 2. The van der Waals surface area contributed by atoms with E-state index in [1.807, 2.05) is 53.9 Å². The average molecular weight is 388 g/mol. The summed E-state index contributed by atoms with van der Waals surface area (Å²) in [7, 11) is 0. The van der Waals surface area contributed by atoms with Gasteiger partial charge in [-0.3, -0.25) is 19.9 Å². The Bertz CT molecular complexity index is 1160. The number of fused-ring (bicyclic) bond motifs is 1. The Hall–Kier alpha value is -3.58. The van der Waals surface area contributed by atoms with E-state index in [0.29, 0.717) is 10.7 Å². The third-order valence-corrected chi connectivity index (χ3v) is 4.88. The molecule has 0 aliphatic rings. The number of hydrogen-bond donors (Lipinski definition) is 2. The molecule has 2 aromatic heterocycles. The van der Waals surface area contributed by atoms with E-state index in [0.717, 1.165) is 27.8 Å². The molecule has 7 heteroatoms. The van der Waals surface area contributed by atoms with E-state index < -0.39 is 0 Å². The zero-order valence-corrected chi connectivity index (χ0v) is 15.8. The summed E-state index contributed by atoms with van der Waals surface area (Å²) in [4.78, 5) is 32.6. The number of thiazole rings is 1. The van der Waals surface area contributed by atoms with Crippen LogP contribution in [-0.4, -0.2) is 21.8 Å². The van der Waals surface area contributed by atoms with Gasteiger partial charge in [0.05, 0.1) is 16.8 Å². The number of aromatic nitrogens is 2. The fourth-order valence-corrected chi connectivity index (χ4v) is 3.56. The standard InChI is InChI=1S/C21H16N4O2S/c1-13(26)23-15-8-6-14(7-9-15)19-12-28-21(24-19)25-20(27)17-10-11-22-18-5-3-2-4-16(17)18/h2-12H,1H3,(H,23,26)(H,24,25,27). The van der Waals surface area contributed by atoms with Gasteiger partial charge in [0.15, 0.2) is 5.13 Å². The predicted molar refractivity (Wildman–Crippen MR) is 112 cm³/mol. The molecular weight excluding hydrogens is 372 g/mol. The summed E-state index contributed by atoms with van der Waals surface area (Å²) < 4.78 is 0. The van der Waals surface area contributed by atoms with Crippen LogP contribution in [0, 0.1) is 0 Å². The van der Waals surface area contributed by atoms with Gasteiger partial charge in [0, 0.05) is 35.1 Å². The first kappa shape index (κ1) is 17.8. The molecule has 0 unspecified atom stereocenters. The van der Waals surface area contributed by atoms with Crippen molar-refractivity contribution in [2.75, 3.05) is 10.6 Å². The molecule has 6 nitrogen and oxygen atoms in total. The van der Waals surface area contributed by atoms with Crippen LogP contribution in [0.5, 0.6) is 0 Å². The second-order valence-corrected chi connectivity index (χ2v) is 6.98. The van der Waals surface area contributed by atoms with Gasteiger partial charge in [0.25, 0.3) is 5.91 Å². The number of benzene rings is 2. The summed E-state index contributed by atoms with van der Waals surface area (Å²) in [5.41, 5.74) is 3.72. The second kappa shape index (κ2) is 7.58. The maximum absolute atomic E-state index is 12.7. The van der Waals surface area contributed by atoms with Crippen molar-refractivity contribution < 1.29 is 9.59 Å². The molecule has 0 saturated heterocycles. The average Bonchev–Trinajstić information content (AvgIpc) is 3.16. The lowest BCUT2D eigenvalue weighted by atomic mass is 10.1. The van der Waals surface area contributed by atoms with Gasteiger partial charge in [-0.15, -0.1) is 11.3 Å². The molecule has 0 bridgehead atoms. The van der Waals surface area contributed by atoms with Gasteiger partial charge >= 0.3 is 0 Å². The van der Waals surface area contributed by atoms with Gasteiger partial charge in [0.1, 0.15) is 0 Å². The summed E-state index contributed by atoms with van der Waals surface area (Å²) in [6, 6.07) is 16.6. The van der Waals surface area contributed by atoms with Crippen molar-refractivity contribution in [3.05, 3.63) is 71.7 Å². The van der Waals surface area contributed by atoms with Gasteiger partial charge < -0.3 is 5.32 Å². The summed E-state index contributed by atoms with van der Waals surface area (Å²) in [5.74, 6) is -0.337. The molecule has 0 aliphatic heterocycles. The van der Waals surface area contributed by atoms with Crippen LogP contribution in [0.15, 0.2) is 66.2 Å². The number of carbonyl (C=O) groups excluding carboxylic acids is 2. The van der Waals surface area contributed by atoms with Crippen molar-refractivity contribution in [2.24, 2.45) is 0 Å². The smallest absolute Gasteiger partial charge is 0.258 e. The lowest BCUT2D eigenvalue weighted by Gasteiger charge is -2.05. The van der Waals surface area contributed by atoms with Gasteiger partial charge in [-0.25, -0.2) is 4.98 Å². The van der Waals surface area contributed by atoms with Gasteiger partial charge in [-0.05, 0) is 24.3 Å². The van der Waals surface area contributed by atoms with Crippen LogP contribution in [0.3, 0.4) is 0 Å². The van der Waals surface area contributed by atoms with Crippen LogP contribution in [0.2, 0.25) is 0 Å². The van der Waals surface area contributed by atoms with Crippen molar-refractivity contribution in [2.45, 2.75) is 6.92 Å². The number of anilines is 2. The minimum atomic E-state index is -0.222. The number of carbonyl (C=O) groups is 2. The molecule has 0 aliphatic carbocycles. The fraction of sp³-hybridized carbons (Fsp3) is 0.0476. The molecule has 0 saturated carbocycles. The molecule has 4 rings (SSSR count). The van der Waals surface area contributed by atoms with Crippen LogP contribution >= 0.6 is 11.3 Å². The van der Waals surface area contributed by atoms with E-state index in [9.17, 15) is 9.59 Å². The number of para-hydroxylation sites is 1. The maximum Gasteiger partial charge on any atom is 0.258 e. The summed E-state index contributed by atoms with van der Waals surface area (Å²) in [6.45, 7) is 1.47. The molecule has 138 valence electrons. The number of nitrogens with zero attached hydrogens (tertiary/aromatic N) is 2. The highest BCUT2D eigenvalue weighted by Crippen LogP contribution is 2.27. The van der Waals surface area contributed by atoms with Gasteiger partial charge in [0.2, 0.25) is 5.91 Å². The van der Waals surface area contributed by atoms with E-state index in [4.69, 9.17) is 0 Å². The lowest BCUT2D eigenvalue weighted by molar-refractivity contribution is -0.114. The topological polar surface area (TPSA) is 84.0 Å². The normalized spacial score (nSPS) is 10.6. The minimum absolute atomic E-state index is 0.116. The Labute approximate surface area is 165 Å². The van der Waals surface area contributed by atoms with Crippen LogP contribution in [0.4, 0.5) is 10.8 Å². The zero-order valence-electron chi connectivity index (χ0n) is 15.0. The Balaban J connectivity index is 1.53. The van der Waals surface area contributed by atoms with E-state index in [-0.39, 0.29) is 11.8 Å². The van der Waals surface area contributed by atoms with Crippen molar-refractivity contribution in [3.8, 4) is 11.3 Å². The highest BCUT2D eigenvalue weighted by molar-refractivity contribution is 7.14. The molecule has 4 aromatic rings. The van der Waals surface area contributed by atoms with Crippen molar-refractivity contribution in [3.63, 3.8) is 0 Å². The highest BCUT2D eigenvalue weighted by Gasteiger charge is 2.13. The van der Waals surface area contributed by atoms with Crippen LogP contribution in [0.1, 0.15) is 17.3 Å². The first-order chi connectivity index (χ1) is 13.6. The van der Waals surface area contributed by atoms with E-state index in [2.05, 4.69) is 20.6 Å². The number of rotatable bonds is 4. The van der Waals surface area contributed by atoms with Gasteiger partial charge in [-0.1, -0.05) is 30.3 Å². The van der Waals surface area contributed by atoms with Crippen LogP contribution in [-0.2, 0) is 4.79 Å². The summed E-state index contributed by atoms with van der Waals surface area (Å²) in [5, 5.41) is 8.79. The highest BCUT2D eigenvalue weighted by atomic mass is 32.1. The van der Waals surface area contributed by atoms with Crippen molar-refractivity contribution in [1.82, 2.24) is 9.97 Å². The van der Waals surface area contributed by atoms with Crippen LogP contribution < -0.4 is 10.6 Å². The number of hydrogen-bond acceptors (Lipinski definition) is 5. The summed E-state index contributed by atoms with van der Waals surface area (Å²) in [6.07, 6.45) is 1.63. The van der Waals surface area contributed by atoms with Gasteiger partial charge in [-0.2, -0.15) is 0 Å². The monoisotopic (exact) mass is 388 g/mol. The Morgan fingerprint density at radius 3 is 2.54 bits per heavy atom. The molecule has 0 fully saturated rings. The number of nitrogens with one attached hydrogen (secondary N) is 2. The molecule has 0 atom stereocenters. The quantitative estimate of drug-likeness (QED) is 0.536. The number of pyridine rings is 1.